The molecule has 0 radical (unpaired) electrons. The van der Waals surface area contributed by atoms with Crippen LogP contribution in [0.3, 0.4) is 0 Å². The van der Waals surface area contributed by atoms with E-state index in [1.807, 2.05) is 158 Å². The van der Waals surface area contributed by atoms with E-state index in [1.165, 1.54) is 134 Å². The van der Waals surface area contributed by atoms with Crippen LogP contribution in [-0.4, -0.2) is 44.9 Å². The summed E-state index contributed by atoms with van der Waals surface area (Å²) in [5.74, 6) is 5.86. The molecule has 686 valence electrons. The number of fused-ring (bicyclic) bond motifs is 23. The van der Waals surface area contributed by atoms with Crippen LogP contribution in [0.1, 0.15) is 66.8 Å². The van der Waals surface area contributed by atoms with E-state index in [-0.39, 0.29) is 5.41 Å². The number of hydrogen-bond acceptors (Lipinski definition) is 9. The van der Waals surface area contributed by atoms with E-state index in [9.17, 15) is 0 Å². The molecule has 9 heteroatoms. The van der Waals surface area contributed by atoms with Crippen LogP contribution >= 0.6 is 0 Å². The Balaban J connectivity index is 0.000000109. The molecule has 0 saturated heterocycles. The molecule has 3 heterocycles. The summed E-state index contributed by atoms with van der Waals surface area (Å²) in [7, 11) is 0. The van der Waals surface area contributed by atoms with E-state index in [4.69, 9.17) is 44.9 Å². The van der Waals surface area contributed by atoms with Crippen molar-refractivity contribution in [3.63, 3.8) is 0 Å². The third-order valence-electron chi connectivity index (χ3n) is 30.0. The standard InChI is InChI=1S/2C46H29N3.C46H31N3/c1-3-15-30(16-4-1)43-47-44(31-17-5-2-6-18-31)49-45(48-43)33-20-13-19-32(29-33)34-24-14-28-41-42(34)37-23-9-12-27-40(37)46(41)38-25-10-7-21-35(38)36-22-8-11-26-39(36)46;1-3-16-30(17-4-1)43-47-44(31-18-5-2-6-19-31)49-45(48-43)36-23-8-7-20-32(36)35-25-15-29-41-42(35)37-24-11-14-28-40(37)46(41)38-26-12-9-21-33(38)34-22-10-13-27-39(34)46;1-5-18-32(19-6-1)43-47-44(33-20-7-2-8-21-33)49-45(48-43)38-27-14-13-26-36(38)37-29-17-31-41-42(37)39-28-15-16-30-40(39)46(41,34-22-9-3-10-23-34)35-24-11-4-12-25-35/h2*1-29H;1-31H. The lowest BCUT2D eigenvalue weighted by Crippen LogP contribution is -2.28. The van der Waals surface area contributed by atoms with Crippen molar-refractivity contribution in [1.29, 1.82) is 0 Å². The SMILES string of the molecule is c1ccc(-c2nc(-c3ccccc3)nc(-c3cccc(-c4cccc5c4-c4ccccc4C54c5ccccc5-c5ccccc54)c3)n2)cc1.c1ccc(-c2nc(-c3ccccc3)nc(-c3ccccc3-c3cccc4c3-c3ccccc3C4(c3ccccc3)c3ccccc3)n2)cc1.c1ccc(-c2nc(-c3ccccc3)nc(-c3ccccc3-c3cccc4c3-c3ccccc3C43c4ccccc4-c4ccccc43)n2)cc1. The second-order valence-corrected chi connectivity index (χ2v) is 37.8. The maximum atomic E-state index is 5.13. The van der Waals surface area contributed by atoms with Gasteiger partial charge in [-0.15, -0.1) is 0 Å². The largest absolute Gasteiger partial charge is 0.208 e. The molecule has 0 unspecified atom stereocenters. The first-order valence-electron chi connectivity index (χ1n) is 50.1. The first-order valence-corrected chi connectivity index (χ1v) is 50.1. The lowest BCUT2D eigenvalue weighted by atomic mass is 9.67. The molecule has 0 bridgehead atoms. The second-order valence-electron chi connectivity index (χ2n) is 37.8. The van der Waals surface area contributed by atoms with Gasteiger partial charge in [0.15, 0.2) is 52.4 Å². The van der Waals surface area contributed by atoms with Crippen LogP contribution in [0.2, 0.25) is 0 Å². The monoisotopic (exact) mass is 1870 g/mol. The Morgan fingerprint density at radius 2 is 0.279 bits per heavy atom. The fourth-order valence-electron chi connectivity index (χ4n) is 23.9. The summed E-state index contributed by atoms with van der Waals surface area (Å²) in [6.45, 7) is 0. The molecule has 24 aromatic rings. The van der Waals surface area contributed by atoms with Crippen LogP contribution in [-0.2, 0) is 16.2 Å². The third kappa shape index (κ3) is 14.2. The Morgan fingerprint density at radius 1 is 0.102 bits per heavy atom. The van der Waals surface area contributed by atoms with Gasteiger partial charge in [0.2, 0.25) is 0 Å². The predicted octanol–water partition coefficient (Wildman–Crippen LogP) is 32.7. The van der Waals surface area contributed by atoms with Gasteiger partial charge in [-0.25, -0.2) is 44.9 Å². The zero-order valence-electron chi connectivity index (χ0n) is 79.9. The second kappa shape index (κ2) is 36.3. The Hall–Kier alpha value is -19.4. The van der Waals surface area contributed by atoms with Gasteiger partial charge >= 0.3 is 0 Å². The van der Waals surface area contributed by atoms with Crippen molar-refractivity contribution in [3.05, 3.63) is 607 Å². The van der Waals surface area contributed by atoms with E-state index in [2.05, 4.69) is 382 Å². The quantitative estimate of drug-likeness (QED) is 0.105. The smallest absolute Gasteiger partial charge is 0.164 e. The molecule has 2 spiro atoms. The Morgan fingerprint density at radius 3 is 0.578 bits per heavy atom. The van der Waals surface area contributed by atoms with E-state index in [0.717, 1.165) is 72.3 Å². The minimum absolute atomic E-state index is 0.379. The minimum Gasteiger partial charge on any atom is -0.208 e. The lowest BCUT2D eigenvalue weighted by Gasteiger charge is -2.34. The van der Waals surface area contributed by atoms with Gasteiger partial charge < -0.3 is 0 Å². The summed E-state index contributed by atoms with van der Waals surface area (Å²) >= 11 is 0. The topological polar surface area (TPSA) is 116 Å². The van der Waals surface area contributed by atoms with Crippen LogP contribution in [0.15, 0.2) is 540 Å². The zero-order valence-corrected chi connectivity index (χ0v) is 79.9. The highest BCUT2D eigenvalue weighted by atomic mass is 15.1. The Bertz CT molecular complexity index is 8660. The van der Waals surface area contributed by atoms with Crippen LogP contribution < -0.4 is 0 Å². The van der Waals surface area contributed by atoms with Gasteiger partial charge in [-0.05, 0) is 162 Å². The highest BCUT2D eigenvalue weighted by Crippen LogP contribution is 2.67. The van der Waals surface area contributed by atoms with E-state index < -0.39 is 10.8 Å². The number of benzene rings is 21. The van der Waals surface area contributed by atoms with Crippen molar-refractivity contribution in [2.24, 2.45) is 0 Å². The summed E-state index contributed by atoms with van der Waals surface area (Å²) in [6, 6.07) is 191. The molecule has 0 N–H and O–H groups in total. The predicted molar refractivity (Wildman–Crippen MR) is 595 cm³/mol. The molecule has 0 amide bonds. The van der Waals surface area contributed by atoms with Crippen molar-refractivity contribution in [2.75, 3.05) is 0 Å². The fourth-order valence-corrected chi connectivity index (χ4v) is 23.9. The lowest BCUT2D eigenvalue weighted by molar-refractivity contribution is 0.768. The molecular weight excluding hydrogens is 1780 g/mol. The maximum Gasteiger partial charge on any atom is 0.164 e. The van der Waals surface area contributed by atoms with Crippen molar-refractivity contribution >= 4 is 0 Å². The van der Waals surface area contributed by atoms with E-state index >= 15 is 0 Å². The molecular formula is C138H89N9. The average Bonchev–Trinajstić information content (AvgIpc) is 1.51. The van der Waals surface area contributed by atoms with Crippen molar-refractivity contribution < 1.29 is 0 Å². The molecule has 0 aliphatic heterocycles. The van der Waals surface area contributed by atoms with E-state index in [1.54, 1.807) is 0 Å². The van der Waals surface area contributed by atoms with Gasteiger partial charge in [-0.3, -0.25) is 0 Å². The van der Waals surface area contributed by atoms with Crippen LogP contribution in [0.4, 0.5) is 0 Å². The summed E-state index contributed by atoms with van der Waals surface area (Å²) in [6.07, 6.45) is 0. The number of rotatable bonds is 14. The molecule has 9 nitrogen and oxygen atoms in total. The highest BCUT2D eigenvalue weighted by molar-refractivity contribution is 6.05. The Labute approximate surface area is 853 Å². The summed E-state index contributed by atoms with van der Waals surface area (Å²) in [5.41, 5.74) is 42.7. The van der Waals surface area contributed by atoms with Crippen LogP contribution in [0.5, 0.6) is 0 Å². The fraction of sp³-hybridized carbons (Fsp3) is 0.0217. The molecule has 147 heavy (non-hydrogen) atoms. The number of hydrogen-bond donors (Lipinski definition) is 0. The zero-order chi connectivity index (χ0) is 97.4. The van der Waals surface area contributed by atoms with Crippen molar-refractivity contribution in [2.45, 2.75) is 16.2 Å². The van der Waals surface area contributed by atoms with Gasteiger partial charge in [0.05, 0.1) is 16.2 Å². The van der Waals surface area contributed by atoms with Gasteiger partial charge in [0.1, 0.15) is 0 Å². The highest BCUT2D eigenvalue weighted by Gasteiger charge is 2.55. The average molecular weight is 1870 g/mol. The molecule has 21 aromatic carbocycles. The first kappa shape index (κ1) is 86.7. The molecule has 0 saturated carbocycles. The minimum atomic E-state index is -0.479. The van der Waals surface area contributed by atoms with Gasteiger partial charge in [0, 0.05) is 50.1 Å². The summed E-state index contributed by atoms with van der Waals surface area (Å²) in [5, 5.41) is 0. The molecule has 3 aromatic heterocycles. The number of aromatic nitrogens is 9. The normalized spacial score (nSPS) is 12.9. The van der Waals surface area contributed by atoms with Gasteiger partial charge in [-0.1, -0.05) is 534 Å². The van der Waals surface area contributed by atoms with Crippen LogP contribution in [0, 0.1) is 0 Å². The maximum absolute atomic E-state index is 5.13. The van der Waals surface area contributed by atoms with Gasteiger partial charge in [-0.2, -0.15) is 0 Å². The molecule has 0 fully saturated rings. The molecule has 5 aliphatic rings. The molecule has 0 atom stereocenters. The molecule has 29 rings (SSSR count). The molecule has 5 aliphatic carbocycles. The third-order valence-corrected chi connectivity index (χ3v) is 30.0. The number of nitrogens with zero attached hydrogens (tertiary/aromatic N) is 9. The summed E-state index contributed by atoms with van der Waals surface area (Å²) in [4.78, 5) is 45.4. The van der Waals surface area contributed by atoms with Gasteiger partial charge in [0.25, 0.3) is 0 Å². The van der Waals surface area contributed by atoms with Crippen molar-refractivity contribution in [3.8, 4) is 192 Å². The van der Waals surface area contributed by atoms with E-state index in [0.29, 0.717) is 52.4 Å². The summed E-state index contributed by atoms with van der Waals surface area (Å²) < 4.78 is 0. The Kier molecular flexibility index (Phi) is 21.4. The first-order chi connectivity index (χ1) is 72.9. The van der Waals surface area contributed by atoms with Crippen molar-refractivity contribution in [1.82, 2.24) is 44.9 Å². The van der Waals surface area contributed by atoms with Crippen LogP contribution in [0.25, 0.3) is 192 Å².